The molecule has 0 heterocycles. The van der Waals surface area contributed by atoms with Gasteiger partial charge in [0.2, 0.25) is 6.08 Å². The molecule has 0 atom stereocenters. The Kier molecular flexibility index (Phi) is 3.91. The SMILES string of the molecule is COC(=O)c1cc(CN=C=O)c(F)cc1C. The van der Waals surface area contributed by atoms with Gasteiger partial charge < -0.3 is 4.74 Å². The second-order valence-corrected chi connectivity index (χ2v) is 3.16. The van der Waals surface area contributed by atoms with Crippen molar-refractivity contribution < 1.29 is 18.7 Å². The lowest BCUT2D eigenvalue weighted by atomic mass is 10.0. The molecule has 0 spiro atoms. The van der Waals surface area contributed by atoms with E-state index in [0.29, 0.717) is 5.56 Å². The van der Waals surface area contributed by atoms with Gasteiger partial charge in [-0.3, -0.25) is 0 Å². The summed E-state index contributed by atoms with van der Waals surface area (Å²) < 4.78 is 17.9. The summed E-state index contributed by atoms with van der Waals surface area (Å²) in [6, 6.07) is 2.54. The van der Waals surface area contributed by atoms with E-state index in [9.17, 15) is 14.0 Å². The van der Waals surface area contributed by atoms with E-state index in [1.54, 1.807) is 6.92 Å². The van der Waals surface area contributed by atoms with Gasteiger partial charge >= 0.3 is 5.97 Å². The monoisotopic (exact) mass is 223 g/mol. The molecule has 5 heteroatoms. The van der Waals surface area contributed by atoms with Gasteiger partial charge in [0.15, 0.2) is 0 Å². The molecule has 0 bridgehead atoms. The number of carbonyl (C=O) groups is 1. The number of esters is 1. The maximum Gasteiger partial charge on any atom is 0.338 e. The van der Waals surface area contributed by atoms with E-state index in [-0.39, 0.29) is 17.7 Å². The topological polar surface area (TPSA) is 55.7 Å². The lowest BCUT2D eigenvalue weighted by molar-refractivity contribution is 0.0599. The highest BCUT2D eigenvalue weighted by atomic mass is 19.1. The van der Waals surface area contributed by atoms with Crippen LogP contribution in [-0.2, 0) is 16.1 Å². The summed E-state index contributed by atoms with van der Waals surface area (Å²) in [6.07, 6.45) is 1.31. The summed E-state index contributed by atoms with van der Waals surface area (Å²) in [6.45, 7) is 1.46. The average molecular weight is 223 g/mol. The van der Waals surface area contributed by atoms with Gasteiger partial charge in [-0.1, -0.05) is 0 Å². The number of halogens is 1. The van der Waals surface area contributed by atoms with Crippen LogP contribution in [-0.4, -0.2) is 19.2 Å². The van der Waals surface area contributed by atoms with Crippen LogP contribution in [0.5, 0.6) is 0 Å². The summed E-state index contributed by atoms with van der Waals surface area (Å²) in [5.74, 6) is -1.06. The van der Waals surface area contributed by atoms with Crippen LogP contribution in [0.1, 0.15) is 21.5 Å². The lowest BCUT2D eigenvalue weighted by Gasteiger charge is -2.06. The van der Waals surface area contributed by atoms with Crippen molar-refractivity contribution in [3.8, 4) is 0 Å². The van der Waals surface area contributed by atoms with Crippen LogP contribution in [0.15, 0.2) is 17.1 Å². The van der Waals surface area contributed by atoms with E-state index in [2.05, 4.69) is 9.73 Å². The second-order valence-electron chi connectivity index (χ2n) is 3.16. The first-order valence-corrected chi connectivity index (χ1v) is 4.51. The van der Waals surface area contributed by atoms with Gasteiger partial charge in [-0.2, -0.15) is 0 Å². The highest BCUT2D eigenvalue weighted by molar-refractivity contribution is 5.91. The molecule has 1 aromatic rings. The van der Waals surface area contributed by atoms with Crippen LogP contribution in [0.4, 0.5) is 4.39 Å². The number of rotatable bonds is 3. The van der Waals surface area contributed by atoms with Crippen molar-refractivity contribution in [1.82, 2.24) is 0 Å². The number of aryl methyl sites for hydroxylation is 1. The maximum atomic E-state index is 13.4. The number of hydrogen-bond donors (Lipinski definition) is 0. The molecular weight excluding hydrogens is 213 g/mol. The third-order valence-electron chi connectivity index (χ3n) is 2.11. The van der Waals surface area contributed by atoms with E-state index in [0.717, 1.165) is 0 Å². The average Bonchev–Trinajstić information content (AvgIpc) is 2.27. The highest BCUT2D eigenvalue weighted by Gasteiger charge is 2.13. The zero-order valence-electron chi connectivity index (χ0n) is 8.91. The number of aliphatic imine (C=N–C) groups is 1. The minimum absolute atomic E-state index is 0.139. The quantitative estimate of drug-likeness (QED) is 0.445. The van der Waals surface area contributed by atoms with Crippen molar-refractivity contribution in [2.75, 3.05) is 7.11 Å². The molecule has 0 N–H and O–H groups in total. The van der Waals surface area contributed by atoms with Gasteiger partial charge in [-0.05, 0) is 24.6 Å². The normalized spacial score (nSPS) is 9.44. The van der Waals surface area contributed by atoms with Crippen molar-refractivity contribution in [3.05, 3.63) is 34.6 Å². The number of ether oxygens (including phenoxy) is 1. The zero-order chi connectivity index (χ0) is 12.1. The minimum atomic E-state index is -0.547. The highest BCUT2D eigenvalue weighted by Crippen LogP contribution is 2.17. The van der Waals surface area contributed by atoms with E-state index >= 15 is 0 Å². The fraction of sp³-hybridized carbons (Fsp3) is 0.273. The van der Waals surface area contributed by atoms with E-state index < -0.39 is 11.8 Å². The Bertz CT molecular complexity index is 465. The molecule has 84 valence electrons. The molecule has 0 amide bonds. The number of hydrogen-bond acceptors (Lipinski definition) is 4. The third kappa shape index (κ3) is 2.52. The number of carbonyl (C=O) groups excluding carboxylic acids is 2. The van der Waals surface area contributed by atoms with Crippen LogP contribution < -0.4 is 0 Å². The molecule has 0 aliphatic carbocycles. The van der Waals surface area contributed by atoms with Crippen LogP contribution in [0.25, 0.3) is 0 Å². The first-order chi connectivity index (χ1) is 7.60. The first kappa shape index (κ1) is 12.1. The van der Waals surface area contributed by atoms with Crippen molar-refractivity contribution >= 4 is 12.0 Å². The lowest BCUT2D eigenvalue weighted by Crippen LogP contribution is -2.06. The van der Waals surface area contributed by atoms with Crippen molar-refractivity contribution in [1.29, 1.82) is 0 Å². The van der Waals surface area contributed by atoms with Crippen molar-refractivity contribution in [2.45, 2.75) is 13.5 Å². The summed E-state index contributed by atoms with van der Waals surface area (Å²) in [4.78, 5) is 24.5. The van der Waals surface area contributed by atoms with E-state index in [1.165, 1.54) is 25.3 Å². The Hall–Kier alpha value is -2.00. The predicted molar refractivity (Wildman–Crippen MR) is 54.3 cm³/mol. The molecule has 0 aliphatic rings. The van der Waals surface area contributed by atoms with Crippen molar-refractivity contribution in [2.24, 2.45) is 4.99 Å². The first-order valence-electron chi connectivity index (χ1n) is 4.51. The van der Waals surface area contributed by atoms with Crippen LogP contribution >= 0.6 is 0 Å². The second kappa shape index (κ2) is 5.19. The molecule has 0 unspecified atom stereocenters. The molecule has 0 saturated carbocycles. The summed E-state index contributed by atoms with van der Waals surface area (Å²) >= 11 is 0. The Labute approximate surface area is 91.8 Å². The predicted octanol–water partition coefficient (Wildman–Crippen LogP) is 1.76. The molecule has 0 fully saturated rings. The van der Waals surface area contributed by atoms with Gasteiger partial charge in [0.1, 0.15) is 5.82 Å². The Morgan fingerprint density at radius 2 is 2.25 bits per heavy atom. The van der Waals surface area contributed by atoms with Gasteiger partial charge in [-0.15, -0.1) is 0 Å². The molecule has 0 radical (unpaired) electrons. The summed E-state index contributed by atoms with van der Waals surface area (Å²) in [7, 11) is 1.24. The Morgan fingerprint density at radius 3 is 2.81 bits per heavy atom. The standard InChI is InChI=1S/C11H10FNO3/c1-7-3-10(12)8(5-13-6-14)4-9(7)11(15)16-2/h3-4H,5H2,1-2H3. The number of nitrogens with zero attached hydrogens (tertiary/aromatic N) is 1. The largest absolute Gasteiger partial charge is 0.465 e. The number of isocyanates is 1. The van der Waals surface area contributed by atoms with Gasteiger partial charge in [0.05, 0.1) is 19.2 Å². The smallest absolute Gasteiger partial charge is 0.338 e. The van der Waals surface area contributed by atoms with E-state index in [4.69, 9.17) is 0 Å². The molecule has 0 aromatic heterocycles. The zero-order valence-corrected chi connectivity index (χ0v) is 8.91. The third-order valence-corrected chi connectivity index (χ3v) is 2.11. The Balaban J connectivity index is 3.20. The number of methoxy groups -OCH3 is 1. The molecule has 1 rings (SSSR count). The van der Waals surface area contributed by atoms with Crippen LogP contribution in [0.3, 0.4) is 0 Å². The van der Waals surface area contributed by atoms with Gasteiger partial charge in [-0.25, -0.2) is 19.0 Å². The van der Waals surface area contributed by atoms with Crippen LogP contribution in [0, 0.1) is 12.7 Å². The molecule has 0 aliphatic heterocycles. The van der Waals surface area contributed by atoms with Crippen LogP contribution in [0.2, 0.25) is 0 Å². The number of benzene rings is 1. The van der Waals surface area contributed by atoms with Gasteiger partial charge in [0.25, 0.3) is 0 Å². The molecule has 1 aromatic carbocycles. The fourth-order valence-corrected chi connectivity index (χ4v) is 1.29. The maximum absolute atomic E-state index is 13.4. The molecule has 16 heavy (non-hydrogen) atoms. The summed E-state index contributed by atoms with van der Waals surface area (Å²) in [5.41, 5.74) is 0.900. The molecule has 4 nitrogen and oxygen atoms in total. The van der Waals surface area contributed by atoms with E-state index in [1.807, 2.05) is 0 Å². The minimum Gasteiger partial charge on any atom is -0.465 e. The molecule has 0 saturated heterocycles. The Morgan fingerprint density at radius 1 is 1.56 bits per heavy atom. The molecular formula is C11H10FNO3. The van der Waals surface area contributed by atoms with Crippen molar-refractivity contribution in [3.63, 3.8) is 0 Å². The summed E-state index contributed by atoms with van der Waals surface area (Å²) in [5, 5.41) is 0. The fourth-order valence-electron chi connectivity index (χ4n) is 1.29. The van der Waals surface area contributed by atoms with Gasteiger partial charge in [0, 0.05) is 5.56 Å².